The van der Waals surface area contributed by atoms with Crippen molar-refractivity contribution < 1.29 is 28.7 Å². The number of nitro benzene ring substituents is 1. The quantitative estimate of drug-likeness (QED) is 0.314. The number of nitro groups is 1. The lowest BCUT2D eigenvalue weighted by Gasteiger charge is -2.08. The molecule has 2 aromatic rings. The molecule has 2 aromatic carbocycles. The Bertz CT molecular complexity index is 838. The number of non-ortho nitro benzene ring substituents is 1. The smallest absolute Gasteiger partial charge is 0.338 e. The Balaban J connectivity index is 2.00. The second-order valence-corrected chi connectivity index (χ2v) is 5.40. The van der Waals surface area contributed by atoms with Crippen molar-refractivity contribution in [1.82, 2.24) is 0 Å². The molecule has 0 fully saturated rings. The highest BCUT2D eigenvalue weighted by Gasteiger charge is 2.19. The summed E-state index contributed by atoms with van der Waals surface area (Å²) in [7, 11) is 1.13. The molecule has 0 aromatic heterocycles. The van der Waals surface area contributed by atoms with E-state index in [-0.39, 0.29) is 24.3 Å². The van der Waals surface area contributed by atoms with Crippen LogP contribution in [0.4, 0.5) is 5.69 Å². The molecule has 0 amide bonds. The molecule has 0 aliphatic heterocycles. The number of nitrogens with zero attached hydrogens (tertiary/aromatic N) is 1. The molecule has 0 aliphatic carbocycles. The van der Waals surface area contributed by atoms with Gasteiger partial charge in [0.05, 0.1) is 23.2 Å². The Kier molecular flexibility index (Phi) is 6.51. The highest BCUT2D eigenvalue weighted by molar-refractivity contribution is 6.30. The fraction of sp³-hybridized carbons (Fsp3) is 0.176. The first-order chi connectivity index (χ1) is 12.4. The van der Waals surface area contributed by atoms with Crippen molar-refractivity contribution in [3.8, 4) is 5.75 Å². The Morgan fingerprint density at radius 2 is 1.77 bits per heavy atom. The third-order valence-corrected chi connectivity index (χ3v) is 3.40. The average molecular weight is 380 g/mol. The van der Waals surface area contributed by atoms with Gasteiger partial charge in [-0.2, -0.15) is 0 Å². The van der Waals surface area contributed by atoms with Crippen molar-refractivity contribution >= 4 is 29.2 Å². The van der Waals surface area contributed by atoms with Crippen LogP contribution in [0.1, 0.15) is 20.7 Å². The van der Waals surface area contributed by atoms with E-state index in [4.69, 9.17) is 21.1 Å². The Morgan fingerprint density at radius 3 is 2.38 bits per heavy atom. The van der Waals surface area contributed by atoms with Gasteiger partial charge in [-0.15, -0.1) is 0 Å². The monoisotopic (exact) mass is 379 g/mol. The van der Waals surface area contributed by atoms with E-state index < -0.39 is 22.5 Å². The van der Waals surface area contributed by atoms with Crippen LogP contribution in [0.15, 0.2) is 42.5 Å². The summed E-state index contributed by atoms with van der Waals surface area (Å²) in [6, 6.07) is 9.90. The van der Waals surface area contributed by atoms with Crippen LogP contribution in [-0.4, -0.2) is 37.2 Å². The lowest BCUT2D eigenvalue weighted by atomic mass is 10.1. The standard InChI is InChI=1S/C17H14ClNO7/c1-24-16(20)11-7-12(9-14(8-11)19(22)23)17(21)26-6-5-25-15-4-2-3-13(18)10-15/h2-4,7-10H,5-6H2,1H3. The molecule has 9 heteroatoms. The van der Waals surface area contributed by atoms with E-state index >= 15 is 0 Å². The summed E-state index contributed by atoms with van der Waals surface area (Å²) >= 11 is 5.82. The maximum absolute atomic E-state index is 12.1. The Morgan fingerprint density at radius 1 is 1.08 bits per heavy atom. The van der Waals surface area contributed by atoms with Crippen molar-refractivity contribution in [2.75, 3.05) is 20.3 Å². The molecule has 0 heterocycles. The van der Waals surface area contributed by atoms with Crippen molar-refractivity contribution in [1.29, 1.82) is 0 Å². The van der Waals surface area contributed by atoms with Gasteiger partial charge in [0.2, 0.25) is 0 Å². The number of halogens is 1. The molecule has 0 spiro atoms. The number of rotatable bonds is 7. The van der Waals surface area contributed by atoms with E-state index in [2.05, 4.69) is 4.74 Å². The zero-order valence-corrected chi connectivity index (χ0v) is 14.4. The summed E-state index contributed by atoms with van der Waals surface area (Å²) in [5.41, 5.74) is -0.679. The number of hydrogen-bond acceptors (Lipinski definition) is 7. The normalized spacial score (nSPS) is 10.1. The second kappa shape index (κ2) is 8.82. The molecule has 0 atom stereocenters. The van der Waals surface area contributed by atoms with Gasteiger partial charge in [-0.05, 0) is 24.3 Å². The first kappa shape index (κ1) is 19.2. The number of esters is 2. The van der Waals surface area contributed by atoms with Crippen LogP contribution in [-0.2, 0) is 9.47 Å². The fourth-order valence-corrected chi connectivity index (χ4v) is 2.18. The average Bonchev–Trinajstić information content (AvgIpc) is 2.64. The zero-order chi connectivity index (χ0) is 19.1. The number of carbonyl (C=O) groups is 2. The van der Waals surface area contributed by atoms with Gasteiger partial charge in [0.1, 0.15) is 19.0 Å². The third-order valence-electron chi connectivity index (χ3n) is 3.17. The summed E-state index contributed by atoms with van der Waals surface area (Å²) in [4.78, 5) is 33.9. The maximum atomic E-state index is 12.1. The highest BCUT2D eigenvalue weighted by atomic mass is 35.5. The minimum absolute atomic E-state index is 0.0604. The maximum Gasteiger partial charge on any atom is 0.338 e. The van der Waals surface area contributed by atoms with Crippen molar-refractivity contribution in [3.05, 3.63) is 68.7 Å². The molecule has 26 heavy (non-hydrogen) atoms. The number of ether oxygens (including phenoxy) is 3. The molecule has 0 radical (unpaired) electrons. The van der Waals surface area contributed by atoms with Gasteiger partial charge in [0.25, 0.3) is 5.69 Å². The number of benzene rings is 2. The van der Waals surface area contributed by atoms with Gasteiger partial charge >= 0.3 is 11.9 Å². The Hall–Kier alpha value is -3.13. The summed E-state index contributed by atoms with van der Waals surface area (Å²) in [6.07, 6.45) is 0. The minimum atomic E-state index is -0.825. The topological polar surface area (TPSA) is 105 Å². The predicted octanol–water partition coefficient (Wildman–Crippen LogP) is 3.27. The van der Waals surface area contributed by atoms with Gasteiger partial charge in [0.15, 0.2) is 0 Å². The van der Waals surface area contributed by atoms with E-state index in [0.29, 0.717) is 10.8 Å². The molecule has 0 N–H and O–H groups in total. The predicted molar refractivity (Wildman–Crippen MR) is 91.7 cm³/mol. The summed E-state index contributed by atoms with van der Waals surface area (Å²) in [5.74, 6) is -1.11. The molecule has 136 valence electrons. The van der Waals surface area contributed by atoms with E-state index in [9.17, 15) is 19.7 Å². The third kappa shape index (κ3) is 5.18. The number of hydrogen-bond donors (Lipinski definition) is 0. The van der Waals surface area contributed by atoms with Crippen molar-refractivity contribution in [2.24, 2.45) is 0 Å². The van der Waals surface area contributed by atoms with E-state index in [1.807, 2.05) is 0 Å². The minimum Gasteiger partial charge on any atom is -0.490 e. The molecular weight excluding hydrogens is 366 g/mol. The summed E-state index contributed by atoms with van der Waals surface area (Å²) < 4.78 is 14.9. The van der Waals surface area contributed by atoms with E-state index in [1.165, 1.54) is 6.07 Å². The van der Waals surface area contributed by atoms with Gasteiger partial charge < -0.3 is 14.2 Å². The molecule has 0 saturated heterocycles. The van der Waals surface area contributed by atoms with E-state index in [0.717, 1.165) is 19.2 Å². The molecule has 2 rings (SSSR count). The van der Waals surface area contributed by atoms with Crippen molar-refractivity contribution in [3.63, 3.8) is 0 Å². The van der Waals surface area contributed by atoms with Crippen LogP contribution in [0, 0.1) is 10.1 Å². The highest BCUT2D eigenvalue weighted by Crippen LogP contribution is 2.19. The Labute approximate surface area is 153 Å². The zero-order valence-electron chi connectivity index (χ0n) is 13.6. The molecular formula is C17H14ClNO7. The SMILES string of the molecule is COC(=O)c1cc(C(=O)OCCOc2cccc(Cl)c2)cc([N+](=O)[O-])c1. The van der Waals surface area contributed by atoms with Crippen LogP contribution >= 0.6 is 11.6 Å². The molecule has 0 bridgehead atoms. The van der Waals surface area contributed by atoms with Crippen LogP contribution in [0.3, 0.4) is 0 Å². The van der Waals surface area contributed by atoms with Crippen LogP contribution < -0.4 is 4.74 Å². The summed E-state index contributed by atoms with van der Waals surface area (Å²) in [5, 5.41) is 11.5. The van der Waals surface area contributed by atoms with Crippen LogP contribution in [0.2, 0.25) is 5.02 Å². The van der Waals surface area contributed by atoms with Gasteiger partial charge in [0, 0.05) is 17.2 Å². The van der Waals surface area contributed by atoms with Crippen molar-refractivity contribution in [2.45, 2.75) is 0 Å². The van der Waals surface area contributed by atoms with Gasteiger partial charge in [-0.3, -0.25) is 10.1 Å². The molecule has 0 aliphatic rings. The van der Waals surface area contributed by atoms with Gasteiger partial charge in [-0.25, -0.2) is 9.59 Å². The molecule has 0 unspecified atom stereocenters. The summed E-state index contributed by atoms with van der Waals surface area (Å²) in [6.45, 7) is -0.0353. The number of methoxy groups -OCH3 is 1. The lowest BCUT2D eigenvalue weighted by molar-refractivity contribution is -0.384. The molecule has 0 saturated carbocycles. The molecule has 8 nitrogen and oxygen atoms in total. The largest absolute Gasteiger partial charge is 0.490 e. The first-order valence-corrected chi connectivity index (χ1v) is 7.72. The lowest BCUT2D eigenvalue weighted by Crippen LogP contribution is -2.13. The van der Waals surface area contributed by atoms with Gasteiger partial charge in [-0.1, -0.05) is 17.7 Å². The van der Waals surface area contributed by atoms with E-state index in [1.54, 1.807) is 24.3 Å². The second-order valence-electron chi connectivity index (χ2n) is 4.96. The fourth-order valence-electron chi connectivity index (χ4n) is 2.00. The van der Waals surface area contributed by atoms with Crippen LogP contribution in [0.5, 0.6) is 5.75 Å². The number of carbonyl (C=O) groups excluding carboxylic acids is 2. The van der Waals surface area contributed by atoms with Crippen LogP contribution in [0.25, 0.3) is 0 Å². The first-order valence-electron chi connectivity index (χ1n) is 7.34.